The Kier molecular flexibility index (Phi) is 3.68. The zero-order chi connectivity index (χ0) is 13.0. The zero-order valence-corrected chi connectivity index (χ0v) is 10.2. The van der Waals surface area contributed by atoms with Gasteiger partial charge in [-0.25, -0.2) is 0 Å². The number of rotatable bonds is 4. The molecule has 0 heterocycles. The van der Waals surface area contributed by atoms with Crippen molar-refractivity contribution in [1.29, 1.82) is 0 Å². The van der Waals surface area contributed by atoms with Gasteiger partial charge in [-0.2, -0.15) is 0 Å². The summed E-state index contributed by atoms with van der Waals surface area (Å²) in [5.41, 5.74) is 1.60. The van der Waals surface area contributed by atoms with Crippen molar-refractivity contribution in [2.75, 3.05) is 0 Å². The van der Waals surface area contributed by atoms with Gasteiger partial charge in [-0.15, -0.1) is 0 Å². The molecule has 0 aliphatic heterocycles. The second kappa shape index (κ2) is 5.41. The third-order valence-electron chi connectivity index (χ3n) is 2.83. The van der Waals surface area contributed by atoms with E-state index in [1.54, 1.807) is 43.3 Å². The highest BCUT2D eigenvalue weighted by atomic mass is 16.1. The standard InChI is InChI=1S/C16H14O2/c1-2-15(17)13-10-6-7-11-14(13)16(18)12-8-4-3-5-9-12/h3-11H,2H2,1H3. The molecule has 2 nitrogen and oxygen atoms in total. The van der Waals surface area contributed by atoms with E-state index in [1.807, 2.05) is 18.2 Å². The first-order chi connectivity index (χ1) is 8.74. The molecule has 0 aromatic heterocycles. The van der Waals surface area contributed by atoms with E-state index in [1.165, 1.54) is 0 Å². The third kappa shape index (κ3) is 2.38. The quantitative estimate of drug-likeness (QED) is 0.764. The maximum absolute atomic E-state index is 12.3. The van der Waals surface area contributed by atoms with Crippen LogP contribution in [-0.2, 0) is 0 Å². The normalized spacial score (nSPS) is 10.1. The van der Waals surface area contributed by atoms with Gasteiger partial charge in [0.05, 0.1) is 0 Å². The van der Waals surface area contributed by atoms with Crippen molar-refractivity contribution in [3.8, 4) is 0 Å². The smallest absolute Gasteiger partial charge is 0.193 e. The number of hydrogen-bond acceptors (Lipinski definition) is 2. The predicted molar refractivity (Wildman–Crippen MR) is 70.9 cm³/mol. The SMILES string of the molecule is CCC(=O)c1ccccc1C(=O)c1ccccc1. The number of hydrogen-bond donors (Lipinski definition) is 0. The van der Waals surface area contributed by atoms with Crippen molar-refractivity contribution in [2.45, 2.75) is 13.3 Å². The summed E-state index contributed by atoms with van der Waals surface area (Å²) < 4.78 is 0. The fourth-order valence-corrected chi connectivity index (χ4v) is 1.86. The number of ketones is 2. The van der Waals surface area contributed by atoms with Crippen molar-refractivity contribution >= 4 is 11.6 Å². The fourth-order valence-electron chi connectivity index (χ4n) is 1.86. The van der Waals surface area contributed by atoms with Gasteiger partial charge in [0.1, 0.15) is 0 Å². The van der Waals surface area contributed by atoms with E-state index in [0.29, 0.717) is 23.1 Å². The van der Waals surface area contributed by atoms with E-state index in [-0.39, 0.29) is 11.6 Å². The van der Waals surface area contributed by atoms with Gasteiger partial charge < -0.3 is 0 Å². The molecule has 2 aromatic rings. The van der Waals surface area contributed by atoms with Crippen molar-refractivity contribution in [3.05, 3.63) is 71.3 Å². The Labute approximate surface area is 106 Å². The van der Waals surface area contributed by atoms with Crippen LogP contribution in [0.5, 0.6) is 0 Å². The molecule has 0 unspecified atom stereocenters. The summed E-state index contributed by atoms with van der Waals surface area (Å²) in [4.78, 5) is 24.2. The molecule has 0 N–H and O–H groups in total. The Balaban J connectivity index is 2.46. The van der Waals surface area contributed by atoms with Crippen LogP contribution in [0.3, 0.4) is 0 Å². The number of benzene rings is 2. The van der Waals surface area contributed by atoms with Crippen LogP contribution in [0.25, 0.3) is 0 Å². The first-order valence-electron chi connectivity index (χ1n) is 5.96. The van der Waals surface area contributed by atoms with E-state index in [2.05, 4.69) is 0 Å². The van der Waals surface area contributed by atoms with Gasteiger partial charge >= 0.3 is 0 Å². The van der Waals surface area contributed by atoms with Crippen LogP contribution in [0, 0.1) is 0 Å². The lowest BCUT2D eigenvalue weighted by Gasteiger charge is -2.06. The molecule has 0 bridgehead atoms. The lowest BCUT2D eigenvalue weighted by molar-refractivity contribution is 0.0972. The lowest BCUT2D eigenvalue weighted by Crippen LogP contribution is -2.09. The summed E-state index contributed by atoms with van der Waals surface area (Å²) in [6.45, 7) is 1.80. The first-order valence-corrected chi connectivity index (χ1v) is 5.96. The van der Waals surface area contributed by atoms with Crippen molar-refractivity contribution in [1.82, 2.24) is 0 Å². The van der Waals surface area contributed by atoms with Crippen LogP contribution in [0.4, 0.5) is 0 Å². The molecule has 0 spiro atoms. The molecule has 18 heavy (non-hydrogen) atoms. The number of Topliss-reactive ketones (excluding diaryl/α,β-unsaturated/α-hetero) is 1. The predicted octanol–water partition coefficient (Wildman–Crippen LogP) is 3.51. The van der Waals surface area contributed by atoms with Crippen LogP contribution < -0.4 is 0 Å². The molecule has 0 saturated carbocycles. The van der Waals surface area contributed by atoms with Crippen LogP contribution >= 0.6 is 0 Å². The fraction of sp³-hybridized carbons (Fsp3) is 0.125. The average Bonchev–Trinajstić information content (AvgIpc) is 2.46. The van der Waals surface area contributed by atoms with Gasteiger partial charge in [0.2, 0.25) is 0 Å². The topological polar surface area (TPSA) is 34.1 Å². The average molecular weight is 238 g/mol. The Morgan fingerprint density at radius 2 is 1.39 bits per heavy atom. The summed E-state index contributed by atoms with van der Waals surface area (Å²) in [5.74, 6) is -0.108. The monoisotopic (exact) mass is 238 g/mol. The molecular weight excluding hydrogens is 224 g/mol. The van der Waals surface area contributed by atoms with E-state index < -0.39 is 0 Å². The molecular formula is C16H14O2. The molecule has 0 atom stereocenters. The van der Waals surface area contributed by atoms with Crippen LogP contribution in [-0.4, -0.2) is 11.6 Å². The van der Waals surface area contributed by atoms with Gasteiger partial charge in [-0.05, 0) is 0 Å². The highest BCUT2D eigenvalue weighted by molar-refractivity contribution is 6.15. The third-order valence-corrected chi connectivity index (χ3v) is 2.83. The minimum Gasteiger partial charge on any atom is -0.294 e. The highest BCUT2D eigenvalue weighted by Gasteiger charge is 2.16. The molecule has 0 radical (unpaired) electrons. The Bertz CT molecular complexity index is 571. The van der Waals surface area contributed by atoms with Crippen LogP contribution in [0.1, 0.15) is 39.6 Å². The van der Waals surface area contributed by atoms with E-state index in [0.717, 1.165) is 0 Å². The van der Waals surface area contributed by atoms with Crippen LogP contribution in [0.2, 0.25) is 0 Å². The maximum atomic E-state index is 12.3. The summed E-state index contributed by atoms with van der Waals surface area (Å²) in [6, 6.07) is 16.0. The van der Waals surface area contributed by atoms with E-state index >= 15 is 0 Å². The van der Waals surface area contributed by atoms with Crippen LogP contribution in [0.15, 0.2) is 54.6 Å². The van der Waals surface area contributed by atoms with Gasteiger partial charge in [0.25, 0.3) is 0 Å². The lowest BCUT2D eigenvalue weighted by atomic mass is 9.95. The van der Waals surface area contributed by atoms with E-state index in [9.17, 15) is 9.59 Å². The summed E-state index contributed by atoms with van der Waals surface area (Å²) >= 11 is 0. The Morgan fingerprint density at radius 3 is 2.00 bits per heavy atom. The molecule has 90 valence electrons. The second-order valence-corrected chi connectivity index (χ2v) is 4.02. The van der Waals surface area contributed by atoms with Gasteiger partial charge in [0, 0.05) is 23.1 Å². The maximum Gasteiger partial charge on any atom is 0.193 e. The van der Waals surface area contributed by atoms with Gasteiger partial charge in [0.15, 0.2) is 11.6 Å². The van der Waals surface area contributed by atoms with Gasteiger partial charge in [-0.1, -0.05) is 61.5 Å². The second-order valence-electron chi connectivity index (χ2n) is 4.02. The molecule has 0 aliphatic rings. The summed E-state index contributed by atoms with van der Waals surface area (Å²) in [7, 11) is 0. The summed E-state index contributed by atoms with van der Waals surface area (Å²) in [5, 5.41) is 0. The van der Waals surface area contributed by atoms with Gasteiger partial charge in [-0.3, -0.25) is 9.59 Å². The first kappa shape index (κ1) is 12.2. The number of carbonyl (C=O) groups is 2. The summed E-state index contributed by atoms with van der Waals surface area (Å²) in [6.07, 6.45) is 0.402. The molecule has 2 heteroatoms. The minimum absolute atomic E-state index is 0.00474. The minimum atomic E-state index is -0.104. The molecule has 2 rings (SSSR count). The molecule has 0 saturated heterocycles. The molecule has 0 fully saturated rings. The highest BCUT2D eigenvalue weighted by Crippen LogP contribution is 2.16. The Morgan fingerprint density at radius 1 is 0.833 bits per heavy atom. The van der Waals surface area contributed by atoms with Crippen molar-refractivity contribution in [3.63, 3.8) is 0 Å². The number of carbonyl (C=O) groups excluding carboxylic acids is 2. The van der Waals surface area contributed by atoms with E-state index in [4.69, 9.17) is 0 Å². The molecule has 0 aliphatic carbocycles. The molecule has 0 amide bonds. The van der Waals surface area contributed by atoms with Crippen molar-refractivity contribution in [2.24, 2.45) is 0 Å². The largest absolute Gasteiger partial charge is 0.294 e. The Hall–Kier alpha value is -2.22. The van der Waals surface area contributed by atoms with Crippen molar-refractivity contribution < 1.29 is 9.59 Å². The zero-order valence-electron chi connectivity index (χ0n) is 10.2. The molecule has 2 aromatic carbocycles.